The van der Waals surface area contributed by atoms with Crippen molar-refractivity contribution in [2.24, 2.45) is 0 Å². The molecule has 0 aliphatic carbocycles. The van der Waals surface area contributed by atoms with Gasteiger partial charge in [0.2, 0.25) is 0 Å². The first-order chi connectivity index (χ1) is 8.70. The average molecular weight is 269 g/mol. The van der Waals surface area contributed by atoms with Crippen LogP contribution in [0.1, 0.15) is 16.5 Å². The van der Waals surface area contributed by atoms with E-state index in [9.17, 15) is 13.9 Å². The Hall–Kier alpha value is -1.30. The predicted octanol–water partition coefficient (Wildman–Crippen LogP) is 2.85. The highest BCUT2D eigenvalue weighted by Crippen LogP contribution is 2.19. The molecule has 1 heterocycles. The summed E-state index contributed by atoms with van der Waals surface area (Å²) in [5.74, 6) is -1.26. The maximum Gasteiger partial charge on any atom is 0.130 e. The number of hydrogen-bond donors (Lipinski definition) is 2. The molecule has 0 spiro atoms. The van der Waals surface area contributed by atoms with Crippen molar-refractivity contribution in [2.75, 3.05) is 6.61 Å². The molecule has 0 saturated carbocycles. The molecular weight excluding hydrogens is 256 g/mol. The van der Waals surface area contributed by atoms with Crippen LogP contribution >= 0.6 is 11.3 Å². The summed E-state index contributed by atoms with van der Waals surface area (Å²) in [7, 11) is 0. The summed E-state index contributed by atoms with van der Waals surface area (Å²) in [4.78, 5) is 1.09. The van der Waals surface area contributed by atoms with Crippen molar-refractivity contribution >= 4 is 11.3 Å². The summed E-state index contributed by atoms with van der Waals surface area (Å²) in [6.07, 6.45) is 0. The Balaban J connectivity index is 2.08. The van der Waals surface area contributed by atoms with Gasteiger partial charge in [0.05, 0.1) is 12.6 Å². The second kappa shape index (κ2) is 6.04. The molecule has 1 aromatic carbocycles. The number of nitrogens with one attached hydrogen (secondary N) is 1. The molecule has 1 atom stereocenters. The van der Waals surface area contributed by atoms with Crippen LogP contribution in [0.3, 0.4) is 0 Å². The highest BCUT2D eigenvalue weighted by atomic mass is 32.1. The molecule has 0 aliphatic heterocycles. The van der Waals surface area contributed by atoms with Gasteiger partial charge in [0, 0.05) is 23.1 Å². The fourth-order valence-corrected chi connectivity index (χ4v) is 2.35. The quantitative estimate of drug-likeness (QED) is 0.875. The summed E-state index contributed by atoms with van der Waals surface area (Å²) < 4.78 is 26.4. The standard InChI is InChI=1S/C13H13F2NOS/c14-9-3-4-11(12(15)6-9)13(8-17)16-7-10-2-1-5-18-10/h1-6,13,16-17H,7-8H2. The molecular formula is C13H13F2NOS. The van der Waals surface area contributed by atoms with Crippen molar-refractivity contribution in [1.82, 2.24) is 5.32 Å². The molecule has 2 rings (SSSR count). The van der Waals surface area contributed by atoms with Crippen molar-refractivity contribution in [1.29, 1.82) is 0 Å². The van der Waals surface area contributed by atoms with Gasteiger partial charge in [-0.1, -0.05) is 12.1 Å². The van der Waals surface area contributed by atoms with Gasteiger partial charge >= 0.3 is 0 Å². The van der Waals surface area contributed by atoms with Crippen molar-refractivity contribution in [3.8, 4) is 0 Å². The second-order valence-corrected chi connectivity index (χ2v) is 4.89. The number of aliphatic hydroxyl groups is 1. The van der Waals surface area contributed by atoms with Crippen LogP contribution in [-0.2, 0) is 6.54 Å². The molecule has 0 amide bonds. The minimum atomic E-state index is -0.646. The summed E-state index contributed by atoms with van der Waals surface area (Å²) in [5.41, 5.74) is 0.274. The van der Waals surface area contributed by atoms with E-state index in [0.717, 1.165) is 10.9 Å². The zero-order chi connectivity index (χ0) is 13.0. The third kappa shape index (κ3) is 3.13. The van der Waals surface area contributed by atoms with Gasteiger partial charge in [-0.3, -0.25) is 0 Å². The van der Waals surface area contributed by atoms with Gasteiger partial charge in [0.25, 0.3) is 0 Å². The summed E-state index contributed by atoms with van der Waals surface area (Å²) in [5, 5.41) is 14.3. The lowest BCUT2D eigenvalue weighted by Crippen LogP contribution is -2.24. The van der Waals surface area contributed by atoms with Crippen LogP contribution in [0.25, 0.3) is 0 Å². The Kier molecular flexibility index (Phi) is 4.41. The van der Waals surface area contributed by atoms with Gasteiger partial charge in [-0.25, -0.2) is 8.78 Å². The lowest BCUT2D eigenvalue weighted by atomic mass is 10.1. The largest absolute Gasteiger partial charge is 0.394 e. The normalized spacial score (nSPS) is 12.6. The maximum atomic E-state index is 13.6. The number of thiophene rings is 1. The topological polar surface area (TPSA) is 32.3 Å². The Labute approximate surface area is 108 Å². The van der Waals surface area contributed by atoms with Gasteiger partial charge < -0.3 is 10.4 Å². The van der Waals surface area contributed by atoms with Crippen LogP contribution < -0.4 is 5.32 Å². The number of halogens is 2. The fourth-order valence-electron chi connectivity index (χ4n) is 1.69. The second-order valence-electron chi connectivity index (χ2n) is 3.86. The predicted molar refractivity (Wildman–Crippen MR) is 67.3 cm³/mol. The van der Waals surface area contributed by atoms with E-state index < -0.39 is 17.7 Å². The SMILES string of the molecule is OCC(NCc1cccs1)c1ccc(F)cc1F. The zero-order valence-corrected chi connectivity index (χ0v) is 10.4. The number of hydrogen-bond acceptors (Lipinski definition) is 3. The van der Waals surface area contributed by atoms with E-state index >= 15 is 0 Å². The van der Waals surface area contributed by atoms with Crippen LogP contribution in [-0.4, -0.2) is 11.7 Å². The van der Waals surface area contributed by atoms with Crippen molar-refractivity contribution < 1.29 is 13.9 Å². The minimum absolute atomic E-state index is 0.242. The van der Waals surface area contributed by atoms with E-state index in [1.807, 2.05) is 17.5 Å². The first-order valence-electron chi connectivity index (χ1n) is 5.52. The van der Waals surface area contributed by atoms with E-state index in [1.165, 1.54) is 12.1 Å². The lowest BCUT2D eigenvalue weighted by molar-refractivity contribution is 0.240. The highest BCUT2D eigenvalue weighted by Gasteiger charge is 2.15. The molecule has 1 aromatic heterocycles. The number of aliphatic hydroxyl groups excluding tert-OH is 1. The van der Waals surface area contributed by atoms with Gasteiger partial charge in [-0.2, -0.15) is 0 Å². The first kappa shape index (κ1) is 13.1. The van der Waals surface area contributed by atoms with Gasteiger partial charge in [-0.05, 0) is 17.5 Å². The Morgan fingerprint density at radius 2 is 2.11 bits per heavy atom. The summed E-state index contributed by atoms with van der Waals surface area (Å²) in [6.45, 7) is 0.299. The van der Waals surface area contributed by atoms with Gasteiger partial charge in [0.15, 0.2) is 0 Å². The number of rotatable bonds is 5. The van der Waals surface area contributed by atoms with E-state index in [2.05, 4.69) is 5.32 Å². The van der Waals surface area contributed by atoms with Crippen LogP contribution in [0, 0.1) is 11.6 Å². The van der Waals surface area contributed by atoms with E-state index in [0.29, 0.717) is 6.54 Å². The zero-order valence-electron chi connectivity index (χ0n) is 9.57. The van der Waals surface area contributed by atoms with Gasteiger partial charge in [0.1, 0.15) is 11.6 Å². The molecule has 0 radical (unpaired) electrons. The van der Waals surface area contributed by atoms with Crippen LogP contribution in [0.2, 0.25) is 0 Å². The van der Waals surface area contributed by atoms with Crippen LogP contribution in [0.15, 0.2) is 35.7 Å². The molecule has 0 saturated heterocycles. The summed E-state index contributed by atoms with van der Waals surface area (Å²) in [6, 6.07) is 6.71. The molecule has 0 fully saturated rings. The van der Waals surface area contributed by atoms with E-state index in [1.54, 1.807) is 11.3 Å². The molecule has 5 heteroatoms. The summed E-state index contributed by atoms with van der Waals surface area (Å²) >= 11 is 1.58. The molecule has 96 valence electrons. The van der Waals surface area contributed by atoms with E-state index in [-0.39, 0.29) is 12.2 Å². The van der Waals surface area contributed by atoms with E-state index in [4.69, 9.17) is 0 Å². The number of benzene rings is 1. The monoisotopic (exact) mass is 269 g/mol. The Morgan fingerprint density at radius 3 is 2.72 bits per heavy atom. The lowest BCUT2D eigenvalue weighted by Gasteiger charge is -2.17. The Bertz CT molecular complexity index is 502. The third-order valence-electron chi connectivity index (χ3n) is 2.62. The molecule has 2 aromatic rings. The fraction of sp³-hybridized carbons (Fsp3) is 0.231. The molecule has 0 bridgehead atoms. The van der Waals surface area contributed by atoms with Crippen molar-refractivity contribution in [3.63, 3.8) is 0 Å². The van der Waals surface area contributed by atoms with Crippen LogP contribution in [0.4, 0.5) is 8.78 Å². The molecule has 2 nitrogen and oxygen atoms in total. The molecule has 1 unspecified atom stereocenters. The Morgan fingerprint density at radius 1 is 1.28 bits per heavy atom. The van der Waals surface area contributed by atoms with Crippen molar-refractivity contribution in [2.45, 2.75) is 12.6 Å². The van der Waals surface area contributed by atoms with Gasteiger partial charge in [-0.15, -0.1) is 11.3 Å². The van der Waals surface area contributed by atoms with Crippen molar-refractivity contribution in [3.05, 3.63) is 57.8 Å². The minimum Gasteiger partial charge on any atom is -0.394 e. The molecule has 0 aliphatic rings. The smallest absolute Gasteiger partial charge is 0.130 e. The average Bonchev–Trinajstić information content (AvgIpc) is 2.85. The first-order valence-corrected chi connectivity index (χ1v) is 6.40. The third-order valence-corrected chi connectivity index (χ3v) is 3.50. The molecule has 2 N–H and O–H groups in total. The maximum absolute atomic E-state index is 13.6. The molecule has 18 heavy (non-hydrogen) atoms. The highest BCUT2D eigenvalue weighted by molar-refractivity contribution is 7.09. The van der Waals surface area contributed by atoms with Crippen LogP contribution in [0.5, 0.6) is 0 Å².